The Balaban J connectivity index is 0. The summed E-state index contributed by atoms with van der Waals surface area (Å²) in [4.78, 5) is 0. The fraction of sp³-hybridized carbons (Fsp3) is 0.455. The summed E-state index contributed by atoms with van der Waals surface area (Å²) in [5, 5.41) is 0. The molecule has 0 spiro atoms. The molecule has 0 heterocycles. The molecule has 0 N–H and O–H groups in total. The van der Waals surface area contributed by atoms with Crippen LogP contribution in [0.3, 0.4) is 0 Å². The molecule has 0 fully saturated rings. The third-order valence-electron chi connectivity index (χ3n) is 1.05. The highest BCUT2D eigenvalue weighted by Crippen LogP contribution is 2.12. The molecule has 2 unspecified atom stereocenters. The van der Waals surface area contributed by atoms with Gasteiger partial charge in [0.25, 0.3) is 0 Å². The standard InChI is InChI=1S/C7H8FP.2C2H6/c8-6-3-1-2-4-7(9)5-6;2*1-2/h1-5,7H,9H2;2*1-2H3. The largest absolute Gasteiger partial charge is 0.207 e. The number of hydrogen-bond acceptors (Lipinski definition) is 0. The van der Waals surface area contributed by atoms with E-state index in [1.165, 1.54) is 6.08 Å². The molecule has 0 bridgehead atoms. The molecule has 0 saturated heterocycles. The van der Waals surface area contributed by atoms with E-state index >= 15 is 0 Å². The topological polar surface area (TPSA) is 0 Å². The number of halogens is 1. The van der Waals surface area contributed by atoms with Crippen molar-refractivity contribution in [2.24, 2.45) is 0 Å². The van der Waals surface area contributed by atoms with Crippen LogP contribution in [0.1, 0.15) is 27.7 Å². The highest BCUT2D eigenvalue weighted by atomic mass is 31.0. The first-order valence-electron chi connectivity index (χ1n) is 4.77. The second kappa shape index (κ2) is 11.6. The highest BCUT2D eigenvalue weighted by molar-refractivity contribution is 7.18. The van der Waals surface area contributed by atoms with E-state index in [1.807, 2.05) is 39.8 Å². The van der Waals surface area contributed by atoms with Crippen LogP contribution in [0.2, 0.25) is 0 Å². The van der Waals surface area contributed by atoms with E-state index in [2.05, 4.69) is 9.24 Å². The molecule has 0 saturated carbocycles. The number of rotatable bonds is 0. The Bertz CT molecular complexity index is 181. The van der Waals surface area contributed by atoms with Crippen LogP contribution >= 0.6 is 9.24 Å². The molecule has 76 valence electrons. The van der Waals surface area contributed by atoms with Crippen LogP contribution < -0.4 is 0 Å². The maximum atomic E-state index is 12.4. The molecule has 0 aromatic heterocycles. The van der Waals surface area contributed by atoms with Gasteiger partial charge in [-0.3, -0.25) is 0 Å². The van der Waals surface area contributed by atoms with E-state index in [0.717, 1.165) is 0 Å². The molecule has 1 rings (SSSR count). The maximum Gasteiger partial charge on any atom is 0.120 e. The zero-order chi connectivity index (χ0) is 10.7. The molecule has 2 heteroatoms. The third kappa shape index (κ3) is 9.49. The van der Waals surface area contributed by atoms with Crippen LogP contribution in [0.25, 0.3) is 0 Å². The normalized spacial score (nSPS) is 18.6. The zero-order valence-corrected chi connectivity index (χ0v) is 10.1. The predicted octanol–water partition coefficient (Wildman–Crippen LogP) is 4.26. The van der Waals surface area contributed by atoms with Gasteiger partial charge in [-0.2, -0.15) is 0 Å². The zero-order valence-electron chi connectivity index (χ0n) is 8.92. The average Bonchev–Trinajstić information content (AvgIpc) is 2.36. The summed E-state index contributed by atoms with van der Waals surface area (Å²) < 4.78 is 12.4. The van der Waals surface area contributed by atoms with Crippen LogP contribution in [0.15, 0.2) is 36.2 Å². The number of hydrogen-bond donors (Lipinski definition) is 0. The first kappa shape index (κ1) is 15.1. The molecule has 2 atom stereocenters. The third-order valence-corrected chi connectivity index (χ3v) is 1.47. The summed E-state index contributed by atoms with van der Waals surface area (Å²) in [5.41, 5.74) is 0.139. The van der Waals surface area contributed by atoms with E-state index in [1.54, 1.807) is 12.2 Å². The Morgan fingerprint density at radius 3 is 2.23 bits per heavy atom. The molecule has 0 aromatic carbocycles. The van der Waals surface area contributed by atoms with Crippen molar-refractivity contribution in [3.8, 4) is 0 Å². The first-order chi connectivity index (χ1) is 6.29. The minimum absolute atomic E-state index is 0.139. The summed E-state index contributed by atoms with van der Waals surface area (Å²) in [5.74, 6) is -0.167. The molecule has 1 aliphatic rings. The van der Waals surface area contributed by atoms with Gasteiger partial charge in [0.2, 0.25) is 0 Å². The monoisotopic (exact) mass is 202 g/mol. The van der Waals surface area contributed by atoms with Gasteiger partial charge in [-0.25, -0.2) is 4.39 Å². The molecular formula is C11H20FP. The Labute approximate surface area is 83.8 Å². The lowest BCUT2D eigenvalue weighted by atomic mass is 10.3. The Morgan fingerprint density at radius 1 is 1.15 bits per heavy atom. The molecule has 0 radical (unpaired) electrons. The number of allylic oxidation sites excluding steroid dienone is 6. The smallest absolute Gasteiger partial charge is 0.120 e. The van der Waals surface area contributed by atoms with Gasteiger partial charge in [0.15, 0.2) is 0 Å². The van der Waals surface area contributed by atoms with Gasteiger partial charge < -0.3 is 0 Å². The fourth-order valence-corrected chi connectivity index (χ4v) is 0.947. The minimum Gasteiger partial charge on any atom is -0.207 e. The Morgan fingerprint density at radius 2 is 1.69 bits per heavy atom. The van der Waals surface area contributed by atoms with Gasteiger partial charge in [0, 0.05) is 5.66 Å². The van der Waals surface area contributed by atoms with Crippen molar-refractivity contribution in [3.63, 3.8) is 0 Å². The van der Waals surface area contributed by atoms with E-state index in [-0.39, 0.29) is 11.5 Å². The van der Waals surface area contributed by atoms with E-state index in [9.17, 15) is 4.39 Å². The van der Waals surface area contributed by atoms with Crippen molar-refractivity contribution >= 4 is 9.24 Å². The van der Waals surface area contributed by atoms with Crippen LogP contribution in [0.5, 0.6) is 0 Å². The van der Waals surface area contributed by atoms with Gasteiger partial charge in [0.1, 0.15) is 5.83 Å². The lowest BCUT2D eigenvalue weighted by molar-refractivity contribution is 0.664. The summed E-state index contributed by atoms with van der Waals surface area (Å²) in [6.07, 6.45) is 8.43. The lowest BCUT2D eigenvalue weighted by Crippen LogP contribution is -1.82. The highest BCUT2D eigenvalue weighted by Gasteiger charge is 1.95. The van der Waals surface area contributed by atoms with Crippen molar-refractivity contribution in [2.45, 2.75) is 33.4 Å². The average molecular weight is 202 g/mol. The van der Waals surface area contributed by atoms with Gasteiger partial charge in [-0.1, -0.05) is 45.9 Å². The molecule has 0 nitrogen and oxygen atoms in total. The molecule has 1 aliphatic carbocycles. The van der Waals surface area contributed by atoms with E-state index in [4.69, 9.17) is 0 Å². The van der Waals surface area contributed by atoms with E-state index in [0.29, 0.717) is 0 Å². The minimum atomic E-state index is -0.167. The van der Waals surface area contributed by atoms with Crippen LogP contribution in [0, 0.1) is 0 Å². The fourth-order valence-electron chi connectivity index (χ4n) is 0.635. The summed E-state index contributed by atoms with van der Waals surface area (Å²) in [6, 6.07) is 0. The van der Waals surface area contributed by atoms with Crippen LogP contribution in [0.4, 0.5) is 4.39 Å². The van der Waals surface area contributed by atoms with Crippen molar-refractivity contribution in [1.29, 1.82) is 0 Å². The van der Waals surface area contributed by atoms with Crippen LogP contribution in [-0.4, -0.2) is 5.66 Å². The van der Waals surface area contributed by atoms with Crippen molar-refractivity contribution < 1.29 is 4.39 Å². The second-order valence-corrected chi connectivity index (χ2v) is 2.64. The van der Waals surface area contributed by atoms with Crippen molar-refractivity contribution in [3.05, 3.63) is 36.2 Å². The van der Waals surface area contributed by atoms with Crippen LogP contribution in [-0.2, 0) is 0 Å². The summed E-state index contributed by atoms with van der Waals surface area (Å²) in [7, 11) is 2.52. The molecule has 13 heavy (non-hydrogen) atoms. The molecule has 0 amide bonds. The van der Waals surface area contributed by atoms with Gasteiger partial charge in [-0.05, 0) is 12.2 Å². The van der Waals surface area contributed by atoms with Crippen molar-refractivity contribution in [1.82, 2.24) is 0 Å². The van der Waals surface area contributed by atoms with Gasteiger partial charge in [0.05, 0.1) is 0 Å². The second-order valence-electron chi connectivity index (χ2n) is 1.87. The Kier molecular flexibility index (Phi) is 13.4. The summed E-state index contributed by atoms with van der Waals surface area (Å²) in [6.45, 7) is 8.00. The Hall–Kier alpha value is -0.420. The molecule has 0 aromatic rings. The predicted molar refractivity (Wildman–Crippen MR) is 63.7 cm³/mol. The molecule has 0 aliphatic heterocycles. The van der Waals surface area contributed by atoms with Gasteiger partial charge >= 0.3 is 0 Å². The first-order valence-corrected chi connectivity index (χ1v) is 5.43. The molecular weight excluding hydrogens is 182 g/mol. The van der Waals surface area contributed by atoms with Crippen molar-refractivity contribution in [2.75, 3.05) is 0 Å². The quantitative estimate of drug-likeness (QED) is 0.515. The summed E-state index contributed by atoms with van der Waals surface area (Å²) >= 11 is 0. The SMILES string of the molecule is CC.CC.FC1=CC(P)C=CC=C1. The lowest BCUT2D eigenvalue weighted by Gasteiger charge is -1.92. The van der Waals surface area contributed by atoms with E-state index < -0.39 is 0 Å². The van der Waals surface area contributed by atoms with Gasteiger partial charge in [-0.15, -0.1) is 9.24 Å². The maximum absolute atomic E-state index is 12.4.